The summed E-state index contributed by atoms with van der Waals surface area (Å²) in [7, 11) is -12.2. The van der Waals surface area contributed by atoms with Gasteiger partial charge in [0, 0.05) is 18.1 Å². The topological polar surface area (TPSA) is 27.7 Å². The lowest BCUT2D eigenvalue weighted by Crippen LogP contribution is -2.70. The highest BCUT2D eigenvalue weighted by molar-refractivity contribution is 7.02. The molecule has 1 aliphatic heterocycles. The van der Waals surface area contributed by atoms with Gasteiger partial charge in [-0.1, -0.05) is 36.9 Å². The zero-order chi connectivity index (χ0) is 25.1. The van der Waals surface area contributed by atoms with Crippen LogP contribution in [-0.4, -0.2) is 25.7 Å². The Labute approximate surface area is 192 Å². The third-order valence-corrected chi connectivity index (χ3v) is 17.1. The third kappa shape index (κ3) is 5.37. The van der Waals surface area contributed by atoms with Gasteiger partial charge in [0.2, 0.25) is 0 Å². The normalized spacial score (nSPS) is 28.5. The minimum Gasteiger partial charge on any atom is -0.403 e. The molecule has 4 unspecified atom stereocenters. The maximum Gasteiger partial charge on any atom is 0.436 e. The lowest BCUT2D eigenvalue weighted by Gasteiger charge is -2.49. The summed E-state index contributed by atoms with van der Waals surface area (Å²) in [6.07, 6.45) is 1.98. The lowest BCUT2D eigenvalue weighted by atomic mass is 10.0. The van der Waals surface area contributed by atoms with Crippen LogP contribution in [-0.2, 0) is 24.2 Å². The molecule has 0 aliphatic carbocycles. The zero-order valence-electron chi connectivity index (χ0n) is 18.2. The van der Waals surface area contributed by atoms with Gasteiger partial charge in [0.05, 0.1) is 5.54 Å². The van der Waals surface area contributed by atoms with Crippen LogP contribution < -0.4 is 0 Å². The molecule has 2 rings (SSSR count). The summed E-state index contributed by atoms with van der Waals surface area (Å²) in [5.74, 6) is -6.97. The fraction of sp³-hybridized carbons (Fsp3) is 0.333. The average Bonchev–Trinajstić information content (AvgIpc) is 2.73. The molecule has 0 amide bonds. The first-order valence-electron chi connectivity index (χ1n) is 9.77. The predicted molar refractivity (Wildman–Crippen MR) is 118 cm³/mol. The monoisotopic (exact) mass is 520 g/mol. The largest absolute Gasteiger partial charge is 0.436 e. The average molecular weight is 521 g/mol. The lowest BCUT2D eigenvalue weighted by molar-refractivity contribution is -0.0255. The quantitative estimate of drug-likeness (QED) is 0.248. The van der Waals surface area contributed by atoms with Gasteiger partial charge < -0.3 is 12.3 Å². The maximum atomic E-state index is 15.8. The second-order valence-electron chi connectivity index (χ2n) is 7.55. The standard InChI is InChI=1S/C21H22F6O3Si3/c1-6-19(21(26,27)18-11-9-17(10-12-18)20(4,24)25)33(16-14-23)29-31(5,7-2)28-32(8-3,30-33)15-13-22/h7-12,19H,2-3,6H2,1,4-5H3. The van der Waals surface area contributed by atoms with Crippen LogP contribution in [0.15, 0.2) is 48.8 Å². The summed E-state index contributed by atoms with van der Waals surface area (Å²) in [6, 6.07) is 3.50. The van der Waals surface area contributed by atoms with E-state index in [1.54, 1.807) is 0 Å². The van der Waals surface area contributed by atoms with Gasteiger partial charge in [0.15, 0.2) is 0 Å². The molecule has 1 heterocycles. The van der Waals surface area contributed by atoms with Gasteiger partial charge in [-0.25, -0.2) is 17.6 Å². The molecule has 0 saturated carbocycles. The van der Waals surface area contributed by atoms with Crippen LogP contribution in [0.2, 0.25) is 12.1 Å². The number of benzene rings is 1. The van der Waals surface area contributed by atoms with E-state index in [0.29, 0.717) is 6.92 Å². The molecule has 1 fully saturated rings. The van der Waals surface area contributed by atoms with Crippen molar-refractivity contribution in [1.29, 1.82) is 0 Å². The number of rotatable bonds is 7. The van der Waals surface area contributed by atoms with Crippen molar-refractivity contribution >= 4 is 25.7 Å². The zero-order valence-corrected chi connectivity index (χ0v) is 21.2. The number of halogens is 6. The van der Waals surface area contributed by atoms with Crippen LogP contribution in [0, 0.1) is 23.4 Å². The van der Waals surface area contributed by atoms with Crippen LogP contribution in [0.4, 0.5) is 26.3 Å². The Morgan fingerprint density at radius 3 is 1.91 bits per heavy atom. The Balaban J connectivity index is 2.70. The second-order valence-corrected chi connectivity index (χ2v) is 16.7. The summed E-state index contributed by atoms with van der Waals surface area (Å²) in [5, 5.41) is 0. The first-order valence-corrected chi connectivity index (χ1v) is 15.9. The highest BCUT2D eigenvalue weighted by Crippen LogP contribution is 2.51. The van der Waals surface area contributed by atoms with E-state index >= 15 is 8.78 Å². The van der Waals surface area contributed by atoms with E-state index in [0.717, 1.165) is 42.3 Å². The van der Waals surface area contributed by atoms with Crippen molar-refractivity contribution in [1.82, 2.24) is 0 Å². The van der Waals surface area contributed by atoms with Crippen molar-refractivity contribution in [3.63, 3.8) is 0 Å². The van der Waals surface area contributed by atoms with Crippen LogP contribution in [0.3, 0.4) is 0 Å². The van der Waals surface area contributed by atoms with E-state index in [1.807, 2.05) is 0 Å². The molecule has 12 heteroatoms. The Kier molecular flexibility index (Phi) is 7.95. The summed E-state index contributed by atoms with van der Waals surface area (Å²) in [4.78, 5) is 0. The van der Waals surface area contributed by atoms with E-state index in [2.05, 4.69) is 24.2 Å². The van der Waals surface area contributed by atoms with E-state index in [9.17, 15) is 17.6 Å². The highest BCUT2D eigenvalue weighted by Gasteiger charge is 2.67. The molecule has 1 aromatic carbocycles. The molecule has 1 aromatic rings. The van der Waals surface area contributed by atoms with Crippen LogP contribution in [0.1, 0.15) is 31.4 Å². The van der Waals surface area contributed by atoms with Crippen molar-refractivity contribution in [3.05, 3.63) is 59.9 Å². The second kappa shape index (κ2) is 9.66. The Morgan fingerprint density at radius 2 is 1.48 bits per heavy atom. The van der Waals surface area contributed by atoms with Gasteiger partial charge in [0.1, 0.15) is 12.3 Å². The van der Waals surface area contributed by atoms with Crippen molar-refractivity contribution in [2.45, 2.75) is 44.2 Å². The molecule has 3 nitrogen and oxygen atoms in total. The Morgan fingerprint density at radius 1 is 0.939 bits per heavy atom. The highest BCUT2D eigenvalue weighted by atomic mass is 28.5. The Hall–Kier alpha value is -2.07. The summed E-state index contributed by atoms with van der Waals surface area (Å²) in [5.41, 5.74) is 3.65. The molecule has 0 N–H and O–H groups in total. The molecule has 33 heavy (non-hydrogen) atoms. The molecule has 1 aliphatic rings. The molecule has 0 aromatic heterocycles. The van der Waals surface area contributed by atoms with Crippen molar-refractivity contribution < 1.29 is 38.7 Å². The van der Waals surface area contributed by atoms with Gasteiger partial charge in [-0.15, -0.1) is 21.9 Å². The molecule has 178 valence electrons. The molecule has 4 atom stereocenters. The summed E-state index contributed by atoms with van der Waals surface area (Å²) < 4.78 is 103. The molecule has 1 saturated heterocycles. The SMILES string of the molecule is C=C[Si]1(C)O[Si](C#CF)(C=C)O[Si](C#CF)(C(CC)C(F)(F)c2ccc(C(C)(F)F)cc2)O1. The minimum atomic E-state index is -4.58. The maximum absolute atomic E-state index is 15.8. The molecule has 0 bridgehead atoms. The molecular formula is C21H22F6O3Si3. The van der Waals surface area contributed by atoms with E-state index < -0.39 is 54.2 Å². The van der Waals surface area contributed by atoms with Gasteiger partial charge in [-0.3, -0.25) is 0 Å². The number of hydrogen-bond acceptors (Lipinski definition) is 3. The minimum absolute atomic E-state index is 0.300. The molecular weight excluding hydrogens is 498 g/mol. The smallest absolute Gasteiger partial charge is 0.403 e. The molecule has 0 radical (unpaired) electrons. The van der Waals surface area contributed by atoms with Gasteiger partial charge in [0.25, 0.3) is 11.8 Å². The van der Waals surface area contributed by atoms with Crippen LogP contribution in [0.5, 0.6) is 0 Å². The molecule has 0 spiro atoms. The van der Waals surface area contributed by atoms with Gasteiger partial charge >= 0.3 is 25.7 Å². The number of hydrogen-bond donors (Lipinski definition) is 0. The van der Waals surface area contributed by atoms with Gasteiger partial charge in [-0.2, -0.15) is 0 Å². The van der Waals surface area contributed by atoms with Crippen molar-refractivity contribution in [2.75, 3.05) is 0 Å². The summed E-state index contributed by atoms with van der Waals surface area (Å²) >= 11 is 0. The first kappa shape index (κ1) is 27.2. The summed E-state index contributed by atoms with van der Waals surface area (Å²) in [6.45, 7) is 10.6. The van der Waals surface area contributed by atoms with Crippen LogP contribution in [0.25, 0.3) is 0 Å². The van der Waals surface area contributed by atoms with Crippen LogP contribution >= 0.6 is 0 Å². The van der Waals surface area contributed by atoms with E-state index in [4.69, 9.17) is 12.3 Å². The predicted octanol–water partition coefficient (Wildman–Crippen LogP) is 6.08. The van der Waals surface area contributed by atoms with Crippen molar-refractivity contribution in [3.8, 4) is 23.4 Å². The van der Waals surface area contributed by atoms with Crippen molar-refractivity contribution in [2.24, 2.45) is 0 Å². The number of alkyl halides is 4. The fourth-order valence-corrected chi connectivity index (χ4v) is 16.8. The van der Waals surface area contributed by atoms with Gasteiger partial charge in [-0.05, 0) is 29.8 Å². The first-order chi connectivity index (χ1) is 15.3. The fourth-order valence-electron chi connectivity index (χ4n) is 3.52. The van der Waals surface area contributed by atoms with E-state index in [1.165, 1.54) is 19.2 Å². The third-order valence-electron chi connectivity index (χ3n) is 5.18. The Bertz CT molecular complexity index is 1020. The van der Waals surface area contributed by atoms with E-state index in [-0.39, 0.29) is 6.42 Å².